The average molecular weight is 166 g/mol. The molecule has 2 nitrogen and oxygen atoms in total. The van der Waals surface area contributed by atoms with E-state index in [1.165, 1.54) is 0 Å². The smallest absolute Gasteiger partial charge is 0.306 e. The molecule has 0 bridgehead atoms. The lowest BCUT2D eigenvalue weighted by Crippen LogP contribution is -2.17. The maximum absolute atomic E-state index is 10.7. The molecule has 0 amide bonds. The molecule has 1 fully saturated rings. The Labute approximate surface area is 73.0 Å². The molecular formula is C10H14O2. The molecule has 0 aliphatic heterocycles. The van der Waals surface area contributed by atoms with Gasteiger partial charge in [0.2, 0.25) is 0 Å². The van der Waals surface area contributed by atoms with Gasteiger partial charge in [0, 0.05) is 6.42 Å². The minimum absolute atomic E-state index is 0.133. The average Bonchev–Trinajstić information content (AvgIpc) is 2.48. The van der Waals surface area contributed by atoms with E-state index in [2.05, 4.69) is 11.8 Å². The Hall–Kier alpha value is -0.970. The molecule has 1 aliphatic carbocycles. The molecule has 0 saturated heterocycles. The van der Waals surface area contributed by atoms with Crippen LogP contribution in [0.25, 0.3) is 0 Å². The topological polar surface area (TPSA) is 37.3 Å². The lowest BCUT2D eigenvalue weighted by molar-refractivity contribution is -0.142. The van der Waals surface area contributed by atoms with Crippen LogP contribution in [0.1, 0.15) is 32.6 Å². The van der Waals surface area contributed by atoms with Gasteiger partial charge >= 0.3 is 5.97 Å². The first-order valence-corrected chi connectivity index (χ1v) is 4.38. The summed E-state index contributed by atoms with van der Waals surface area (Å²) in [6.07, 6.45) is 3.68. The number of carbonyl (C=O) groups is 1. The molecule has 1 rings (SSSR count). The highest BCUT2D eigenvalue weighted by Gasteiger charge is 2.31. The van der Waals surface area contributed by atoms with Gasteiger partial charge in [-0.1, -0.05) is 6.42 Å². The Kier molecular flexibility index (Phi) is 3.16. The number of carboxylic acid groups (broad SMARTS) is 1. The molecule has 0 spiro atoms. The summed E-state index contributed by atoms with van der Waals surface area (Å²) in [5.74, 6) is 5.30. The van der Waals surface area contributed by atoms with Gasteiger partial charge in [0.15, 0.2) is 0 Å². The second-order valence-electron chi connectivity index (χ2n) is 3.27. The van der Waals surface area contributed by atoms with E-state index in [4.69, 9.17) is 5.11 Å². The number of hydrogen-bond acceptors (Lipinski definition) is 1. The molecular weight excluding hydrogens is 152 g/mol. The molecule has 1 saturated carbocycles. The van der Waals surface area contributed by atoms with Crippen LogP contribution in [0.15, 0.2) is 0 Å². The molecule has 2 atom stereocenters. The van der Waals surface area contributed by atoms with Gasteiger partial charge in [-0.05, 0) is 25.7 Å². The molecule has 0 aromatic heterocycles. The van der Waals surface area contributed by atoms with Gasteiger partial charge in [-0.25, -0.2) is 0 Å². The zero-order valence-electron chi connectivity index (χ0n) is 7.34. The largest absolute Gasteiger partial charge is 0.481 e. The summed E-state index contributed by atoms with van der Waals surface area (Å²) in [5.41, 5.74) is 0. The maximum Gasteiger partial charge on any atom is 0.306 e. The van der Waals surface area contributed by atoms with Crippen LogP contribution in [0.4, 0.5) is 0 Å². The van der Waals surface area contributed by atoms with Crippen LogP contribution >= 0.6 is 0 Å². The monoisotopic (exact) mass is 166 g/mol. The van der Waals surface area contributed by atoms with Crippen LogP contribution in [0.2, 0.25) is 0 Å². The number of aliphatic carboxylic acids is 1. The summed E-state index contributed by atoms with van der Waals surface area (Å²) in [4.78, 5) is 10.7. The fourth-order valence-corrected chi connectivity index (χ4v) is 1.84. The molecule has 12 heavy (non-hydrogen) atoms. The van der Waals surface area contributed by atoms with Crippen molar-refractivity contribution < 1.29 is 9.90 Å². The van der Waals surface area contributed by atoms with Crippen molar-refractivity contribution >= 4 is 5.97 Å². The first-order chi connectivity index (χ1) is 5.75. The first kappa shape index (κ1) is 9.12. The van der Waals surface area contributed by atoms with Gasteiger partial charge in [0.1, 0.15) is 0 Å². The molecule has 1 aliphatic rings. The van der Waals surface area contributed by atoms with Crippen molar-refractivity contribution in [2.24, 2.45) is 11.8 Å². The van der Waals surface area contributed by atoms with Crippen molar-refractivity contribution in [3.63, 3.8) is 0 Å². The van der Waals surface area contributed by atoms with E-state index in [9.17, 15) is 4.79 Å². The van der Waals surface area contributed by atoms with Crippen molar-refractivity contribution in [1.29, 1.82) is 0 Å². The summed E-state index contributed by atoms with van der Waals surface area (Å²) in [6, 6.07) is 0. The number of carboxylic acids is 1. The standard InChI is InChI=1S/C10H14O2/c1-2-3-5-8-6-4-7-9(8)10(11)12/h8-9H,4-7H2,1H3,(H,11,12). The van der Waals surface area contributed by atoms with Crippen molar-refractivity contribution in [2.45, 2.75) is 32.6 Å². The van der Waals surface area contributed by atoms with E-state index in [0.29, 0.717) is 5.92 Å². The zero-order chi connectivity index (χ0) is 8.97. The molecule has 2 heteroatoms. The third-order valence-corrected chi connectivity index (χ3v) is 2.52. The fraction of sp³-hybridized carbons (Fsp3) is 0.700. The minimum Gasteiger partial charge on any atom is -0.481 e. The van der Waals surface area contributed by atoms with Gasteiger partial charge in [-0.15, -0.1) is 11.8 Å². The predicted molar refractivity (Wildman–Crippen MR) is 46.5 cm³/mol. The van der Waals surface area contributed by atoms with Gasteiger partial charge < -0.3 is 5.11 Å². The number of hydrogen-bond donors (Lipinski definition) is 1. The summed E-state index contributed by atoms with van der Waals surface area (Å²) in [5, 5.41) is 8.83. The third kappa shape index (κ3) is 2.01. The number of rotatable bonds is 2. The van der Waals surface area contributed by atoms with Gasteiger partial charge in [-0.2, -0.15) is 0 Å². The molecule has 0 aromatic rings. The van der Waals surface area contributed by atoms with E-state index in [1.54, 1.807) is 6.92 Å². The first-order valence-electron chi connectivity index (χ1n) is 4.38. The van der Waals surface area contributed by atoms with Crippen LogP contribution in [-0.2, 0) is 4.79 Å². The second-order valence-corrected chi connectivity index (χ2v) is 3.27. The highest BCUT2D eigenvalue weighted by Crippen LogP contribution is 2.33. The summed E-state index contributed by atoms with van der Waals surface area (Å²) >= 11 is 0. The molecule has 0 aromatic carbocycles. The van der Waals surface area contributed by atoms with E-state index < -0.39 is 5.97 Å². The van der Waals surface area contributed by atoms with E-state index in [0.717, 1.165) is 25.7 Å². The van der Waals surface area contributed by atoms with Crippen molar-refractivity contribution in [3.8, 4) is 11.8 Å². The summed E-state index contributed by atoms with van der Waals surface area (Å²) in [7, 11) is 0. The molecule has 0 radical (unpaired) electrons. The van der Waals surface area contributed by atoms with E-state index in [-0.39, 0.29) is 5.92 Å². The molecule has 2 unspecified atom stereocenters. The quantitative estimate of drug-likeness (QED) is 0.636. The molecule has 66 valence electrons. The zero-order valence-corrected chi connectivity index (χ0v) is 7.34. The maximum atomic E-state index is 10.7. The van der Waals surface area contributed by atoms with Crippen molar-refractivity contribution in [2.75, 3.05) is 0 Å². The minimum atomic E-state index is -0.643. The lowest BCUT2D eigenvalue weighted by atomic mass is 9.93. The Morgan fingerprint density at radius 3 is 2.92 bits per heavy atom. The Bertz CT molecular complexity index is 222. The van der Waals surface area contributed by atoms with Gasteiger partial charge in [0.25, 0.3) is 0 Å². The molecule has 1 N–H and O–H groups in total. The second kappa shape index (κ2) is 4.15. The van der Waals surface area contributed by atoms with E-state index >= 15 is 0 Å². The predicted octanol–water partition coefficient (Wildman–Crippen LogP) is 1.90. The Balaban J connectivity index is 2.50. The van der Waals surface area contributed by atoms with Crippen LogP contribution in [0.3, 0.4) is 0 Å². The van der Waals surface area contributed by atoms with Crippen LogP contribution < -0.4 is 0 Å². The highest BCUT2D eigenvalue weighted by molar-refractivity contribution is 5.70. The normalized spacial score (nSPS) is 27.8. The SMILES string of the molecule is CC#CCC1CCCC1C(=O)O. The fourth-order valence-electron chi connectivity index (χ4n) is 1.84. The van der Waals surface area contributed by atoms with Gasteiger partial charge in [0.05, 0.1) is 5.92 Å². The Morgan fingerprint density at radius 1 is 1.58 bits per heavy atom. The van der Waals surface area contributed by atoms with Gasteiger partial charge in [-0.3, -0.25) is 4.79 Å². The summed E-state index contributed by atoms with van der Waals surface area (Å²) in [6.45, 7) is 1.80. The summed E-state index contributed by atoms with van der Waals surface area (Å²) < 4.78 is 0. The third-order valence-electron chi connectivity index (χ3n) is 2.52. The van der Waals surface area contributed by atoms with Crippen molar-refractivity contribution in [1.82, 2.24) is 0 Å². The van der Waals surface area contributed by atoms with Crippen LogP contribution in [-0.4, -0.2) is 11.1 Å². The van der Waals surface area contributed by atoms with E-state index in [1.807, 2.05) is 0 Å². The molecule has 0 heterocycles. The van der Waals surface area contributed by atoms with Crippen LogP contribution in [0.5, 0.6) is 0 Å². The van der Waals surface area contributed by atoms with Crippen molar-refractivity contribution in [3.05, 3.63) is 0 Å². The highest BCUT2D eigenvalue weighted by atomic mass is 16.4. The lowest BCUT2D eigenvalue weighted by Gasteiger charge is -2.11. The Morgan fingerprint density at radius 2 is 2.33 bits per heavy atom. The van der Waals surface area contributed by atoms with Crippen LogP contribution in [0, 0.1) is 23.7 Å².